The zero-order chi connectivity index (χ0) is 13.7. The molecule has 0 saturated heterocycles. The molecule has 0 radical (unpaired) electrons. The van der Waals surface area contributed by atoms with Gasteiger partial charge in [0, 0.05) is 18.0 Å². The minimum absolute atomic E-state index is 0.0301. The van der Waals surface area contributed by atoms with Gasteiger partial charge in [0.15, 0.2) is 16.4 Å². The van der Waals surface area contributed by atoms with Crippen molar-refractivity contribution in [3.63, 3.8) is 0 Å². The fraction of sp³-hybridized carbons (Fsp3) is 0.308. The molecule has 0 aromatic heterocycles. The van der Waals surface area contributed by atoms with Crippen LogP contribution in [0, 0.1) is 11.3 Å². The Bertz CT molecular complexity index is 600. The summed E-state index contributed by atoms with van der Waals surface area (Å²) in [5.41, 5.74) is 1.03. The summed E-state index contributed by atoms with van der Waals surface area (Å²) in [7, 11) is -3.01. The number of ether oxygens (including phenoxy) is 1. The van der Waals surface area contributed by atoms with Gasteiger partial charge in [0.1, 0.15) is 11.8 Å². The van der Waals surface area contributed by atoms with Gasteiger partial charge in [-0.15, -0.1) is 0 Å². The first-order valence-corrected chi connectivity index (χ1v) is 7.54. The van der Waals surface area contributed by atoms with Gasteiger partial charge < -0.3 is 10.1 Å². The molecule has 1 atom stereocenters. The Morgan fingerprint density at radius 3 is 2.68 bits per heavy atom. The van der Waals surface area contributed by atoms with E-state index in [0.29, 0.717) is 12.3 Å². The first-order valence-electron chi connectivity index (χ1n) is 5.82. The van der Waals surface area contributed by atoms with Crippen LogP contribution < -0.4 is 10.1 Å². The van der Waals surface area contributed by atoms with Crippen molar-refractivity contribution in [3.05, 3.63) is 41.3 Å². The number of nitrogens with zero attached hydrogens (tertiary/aromatic N) is 1. The van der Waals surface area contributed by atoms with Crippen molar-refractivity contribution in [1.29, 1.82) is 5.26 Å². The van der Waals surface area contributed by atoms with Crippen LogP contribution in [0.1, 0.15) is 5.56 Å². The molecule has 1 unspecified atom stereocenters. The first kappa shape index (κ1) is 13.6. The summed E-state index contributed by atoms with van der Waals surface area (Å²) in [6.45, 7) is 0.616. The molecule has 0 fully saturated rings. The van der Waals surface area contributed by atoms with E-state index in [1.165, 1.54) is 5.41 Å². The molecule has 1 heterocycles. The predicted molar refractivity (Wildman–Crippen MR) is 71.1 cm³/mol. The largest absolute Gasteiger partial charge is 0.479 e. The van der Waals surface area contributed by atoms with Crippen LogP contribution in [0.4, 0.5) is 0 Å². The van der Waals surface area contributed by atoms with Gasteiger partial charge in [0.2, 0.25) is 0 Å². The van der Waals surface area contributed by atoms with Crippen LogP contribution in [0.2, 0.25) is 0 Å². The van der Waals surface area contributed by atoms with Crippen molar-refractivity contribution in [3.8, 4) is 11.8 Å². The number of nitrogens with one attached hydrogen (secondary N) is 1. The Morgan fingerprint density at radius 2 is 2.11 bits per heavy atom. The van der Waals surface area contributed by atoms with Crippen molar-refractivity contribution in [2.45, 2.75) is 12.6 Å². The van der Waals surface area contributed by atoms with Gasteiger partial charge in [0.25, 0.3) is 0 Å². The summed E-state index contributed by atoms with van der Waals surface area (Å²) in [4.78, 5) is 0. The zero-order valence-electron chi connectivity index (χ0n) is 10.2. The molecule has 6 heteroatoms. The highest BCUT2D eigenvalue weighted by atomic mass is 32.2. The smallest absolute Gasteiger partial charge is 0.174 e. The van der Waals surface area contributed by atoms with E-state index < -0.39 is 9.84 Å². The second-order valence-corrected chi connectivity index (χ2v) is 6.17. The maximum Gasteiger partial charge on any atom is 0.174 e. The van der Waals surface area contributed by atoms with Crippen molar-refractivity contribution >= 4 is 9.84 Å². The molecule has 19 heavy (non-hydrogen) atoms. The number of hydrogen-bond donors (Lipinski definition) is 1. The monoisotopic (exact) mass is 278 g/mol. The third-order valence-electron chi connectivity index (χ3n) is 2.73. The van der Waals surface area contributed by atoms with E-state index in [9.17, 15) is 8.42 Å². The van der Waals surface area contributed by atoms with Crippen LogP contribution in [0.5, 0.6) is 5.75 Å². The summed E-state index contributed by atoms with van der Waals surface area (Å²) in [5, 5.41) is 12.8. The lowest BCUT2D eigenvalue weighted by Gasteiger charge is -2.10. The molecule has 100 valence electrons. The summed E-state index contributed by atoms with van der Waals surface area (Å²) in [6, 6.07) is 9.11. The quantitative estimate of drug-likeness (QED) is 0.869. The number of benzene rings is 1. The molecule has 1 aromatic carbocycles. The lowest BCUT2D eigenvalue weighted by molar-refractivity contribution is 0.368. The lowest BCUT2D eigenvalue weighted by atomic mass is 10.2. The van der Waals surface area contributed by atoms with Gasteiger partial charge >= 0.3 is 0 Å². The Hall–Kier alpha value is -1.84. The molecule has 0 spiro atoms. The van der Waals surface area contributed by atoms with E-state index in [1.54, 1.807) is 18.2 Å². The van der Waals surface area contributed by atoms with Crippen molar-refractivity contribution in [1.82, 2.24) is 5.32 Å². The maximum atomic E-state index is 11.2. The van der Waals surface area contributed by atoms with Crippen LogP contribution >= 0.6 is 0 Å². The third-order valence-corrected chi connectivity index (χ3v) is 4.12. The van der Waals surface area contributed by atoms with Crippen molar-refractivity contribution in [2.75, 3.05) is 12.4 Å². The minimum atomic E-state index is -3.01. The number of nitriles is 1. The van der Waals surface area contributed by atoms with Crippen LogP contribution in [-0.2, 0) is 16.4 Å². The molecule has 5 nitrogen and oxygen atoms in total. The first-order chi connectivity index (χ1) is 9.09. The molecule has 0 bridgehead atoms. The summed E-state index contributed by atoms with van der Waals surface area (Å²) < 4.78 is 27.6. The number of sulfone groups is 1. The highest BCUT2D eigenvalue weighted by molar-refractivity contribution is 7.94. The van der Waals surface area contributed by atoms with Gasteiger partial charge in [-0.05, 0) is 17.7 Å². The average Bonchev–Trinajstić information content (AvgIpc) is 2.75. The molecule has 1 aliphatic rings. The third kappa shape index (κ3) is 4.09. The lowest BCUT2D eigenvalue weighted by Crippen LogP contribution is -2.29. The molecule has 0 amide bonds. The highest BCUT2D eigenvalue weighted by Gasteiger charge is 2.20. The maximum absolute atomic E-state index is 11.2. The van der Waals surface area contributed by atoms with Crippen LogP contribution in [0.15, 0.2) is 35.7 Å². The van der Waals surface area contributed by atoms with E-state index in [4.69, 9.17) is 10.00 Å². The Kier molecular flexibility index (Phi) is 4.20. The topological polar surface area (TPSA) is 79.2 Å². The van der Waals surface area contributed by atoms with E-state index in [2.05, 4.69) is 5.32 Å². The van der Waals surface area contributed by atoms with Gasteiger partial charge in [-0.2, -0.15) is 5.26 Å². The predicted octanol–water partition coefficient (Wildman–Crippen LogP) is 0.989. The fourth-order valence-electron chi connectivity index (χ4n) is 1.77. The highest BCUT2D eigenvalue weighted by Crippen LogP contribution is 2.13. The van der Waals surface area contributed by atoms with Crippen molar-refractivity contribution < 1.29 is 13.2 Å². The zero-order valence-corrected chi connectivity index (χ0v) is 11.1. The molecule has 1 aliphatic heterocycles. The Morgan fingerprint density at radius 1 is 1.37 bits per heavy atom. The molecule has 1 aromatic rings. The van der Waals surface area contributed by atoms with E-state index in [-0.39, 0.29) is 18.4 Å². The van der Waals surface area contributed by atoms with Gasteiger partial charge in [-0.25, -0.2) is 8.42 Å². The Labute approximate surface area is 112 Å². The second kappa shape index (κ2) is 5.87. The van der Waals surface area contributed by atoms with E-state index in [0.717, 1.165) is 5.56 Å². The number of rotatable bonds is 5. The molecule has 0 aliphatic carbocycles. The molecule has 1 N–H and O–H groups in total. The average molecular weight is 278 g/mol. The van der Waals surface area contributed by atoms with Crippen LogP contribution in [0.25, 0.3) is 0 Å². The Balaban J connectivity index is 1.84. The van der Waals surface area contributed by atoms with E-state index >= 15 is 0 Å². The normalized spacial score (nSPS) is 20.1. The van der Waals surface area contributed by atoms with Crippen LogP contribution in [0.3, 0.4) is 0 Å². The molecular weight excluding hydrogens is 264 g/mol. The van der Waals surface area contributed by atoms with Gasteiger partial charge in [-0.1, -0.05) is 18.2 Å². The standard InChI is InChI=1S/C13H14N2O3S/c14-6-7-18-13-3-1-11(2-4-13)9-15-12-5-8-19(16,17)10-12/h1-5,8,12,15H,7,9-10H2. The molecular formula is C13H14N2O3S. The van der Waals surface area contributed by atoms with Gasteiger partial charge in [0.05, 0.1) is 5.75 Å². The van der Waals surface area contributed by atoms with Gasteiger partial charge in [-0.3, -0.25) is 0 Å². The van der Waals surface area contributed by atoms with Crippen LogP contribution in [-0.4, -0.2) is 26.8 Å². The second-order valence-electron chi connectivity index (χ2n) is 4.24. The SMILES string of the molecule is N#CCOc1ccc(CNC2C=CS(=O)(=O)C2)cc1. The van der Waals surface area contributed by atoms with Crippen molar-refractivity contribution in [2.24, 2.45) is 0 Å². The summed E-state index contributed by atoms with van der Waals surface area (Å²) in [6.07, 6.45) is 1.67. The minimum Gasteiger partial charge on any atom is -0.479 e. The summed E-state index contributed by atoms with van der Waals surface area (Å²) >= 11 is 0. The molecule has 2 rings (SSSR count). The fourth-order valence-corrected chi connectivity index (χ4v) is 3.04. The number of hydrogen-bond acceptors (Lipinski definition) is 5. The van der Waals surface area contributed by atoms with E-state index in [1.807, 2.05) is 18.2 Å². The summed E-state index contributed by atoms with van der Waals surface area (Å²) in [5.74, 6) is 0.768. The molecule has 0 saturated carbocycles.